The predicted molar refractivity (Wildman–Crippen MR) is 77.1 cm³/mol. The largest absolute Gasteiger partial charge is 0.417 e. The van der Waals surface area contributed by atoms with Crippen LogP contribution in [0, 0.1) is 0 Å². The Bertz CT molecular complexity index is 436. The molecule has 0 atom stereocenters. The van der Waals surface area contributed by atoms with Gasteiger partial charge in [-0.3, -0.25) is 0 Å². The van der Waals surface area contributed by atoms with Gasteiger partial charge in [0.15, 0.2) is 0 Å². The van der Waals surface area contributed by atoms with E-state index in [0.717, 1.165) is 50.9 Å². The van der Waals surface area contributed by atoms with E-state index in [1.807, 2.05) is 0 Å². The van der Waals surface area contributed by atoms with Gasteiger partial charge < -0.3 is 10.6 Å². The van der Waals surface area contributed by atoms with E-state index in [9.17, 15) is 13.2 Å². The number of hydrogen-bond acceptors (Lipinski definition) is 3. The van der Waals surface area contributed by atoms with Crippen LogP contribution in [0.5, 0.6) is 0 Å². The predicted octanol–water partition coefficient (Wildman–Crippen LogP) is 3.59. The number of rotatable bonds is 4. The lowest BCUT2D eigenvalue weighted by Crippen LogP contribution is -2.41. The fraction of sp³-hybridized carbons (Fsp3) is 0.667. The molecular weight excluding hydrogens is 279 g/mol. The zero-order chi connectivity index (χ0) is 15.5. The van der Waals surface area contributed by atoms with E-state index in [1.165, 1.54) is 6.07 Å². The molecule has 0 aromatic carbocycles. The summed E-state index contributed by atoms with van der Waals surface area (Å²) in [5.41, 5.74) is 5.22. The smallest absolute Gasteiger partial charge is 0.354 e. The molecule has 1 aromatic rings. The second-order valence-corrected chi connectivity index (χ2v) is 5.66. The lowest BCUT2D eigenvalue weighted by Gasteiger charge is -2.37. The summed E-state index contributed by atoms with van der Waals surface area (Å²) in [6.45, 7) is 2.86. The molecule has 21 heavy (non-hydrogen) atoms. The number of alkyl halides is 3. The highest BCUT2D eigenvalue weighted by Crippen LogP contribution is 2.31. The molecule has 1 aliphatic carbocycles. The highest BCUT2D eigenvalue weighted by Gasteiger charge is 2.31. The van der Waals surface area contributed by atoms with Crippen molar-refractivity contribution in [2.75, 3.05) is 11.4 Å². The Kier molecular flexibility index (Phi) is 5.08. The fourth-order valence-electron chi connectivity index (χ4n) is 2.86. The van der Waals surface area contributed by atoms with Crippen molar-refractivity contribution in [3.8, 4) is 0 Å². The van der Waals surface area contributed by atoms with E-state index in [2.05, 4.69) is 16.8 Å². The summed E-state index contributed by atoms with van der Waals surface area (Å²) in [4.78, 5) is 6.16. The molecule has 0 radical (unpaired) electrons. The number of anilines is 1. The summed E-state index contributed by atoms with van der Waals surface area (Å²) in [6.07, 6.45) is 1.40. The van der Waals surface area contributed by atoms with Crippen molar-refractivity contribution < 1.29 is 13.2 Å². The van der Waals surface area contributed by atoms with Gasteiger partial charge in [-0.15, -0.1) is 0 Å². The molecule has 0 bridgehead atoms. The van der Waals surface area contributed by atoms with E-state index >= 15 is 0 Å². The van der Waals surface area contributed by atoms with E-state index in [0.29, 0.717) is 11.9 Å². The molecule has 3 nitrogen and oxygen atoms in total. The highest BCUT2D eigenvalue weighted by atomic mass is 19.4. The molecule has 2 N–H and O–H groups in total. The van der Waals surface area contributed by atoms with Gasteiger partial charge in [-0.1, -0.05) is 6.92 Å². The van der Waals surface area contributed by atoms with Crippen LogP contribution in [0.1, 0.15) is 44.6 Å². The van der Waals surface area contributed by atoms with Crippen LogP contribution in [0.2, 0.25) is 0 Å². The second kappa shape index (κ2) is 6.64. The van der Waals surface area contributed by atoms with E-state index in [-0.39, 0.29) is 6.04 Å². The molecule has 0 amide bonds. The average Bonchev–Trinajstić information content (AvgIpc) is 2.45. The summed E-state index contributed by atoms with van der Waals surface area (Å²) in [7, 11) is 0. The van der Waals surface area contributed by atoms with Gasteiger partial charge in [0.1, 0.15) is 5.82 Å². The van der Waals surface area contributed by atoms with Gasteiger partial charge in [0, 0.05) is 24.8 Å². The van der Waals surface area contributed by atoms with Crippen LogP contribution >= 0.6 is 0 Å². The highest BCUT2D eigenvalue weighted by molar-refractivity contribution is 5.41. The van der Waals surface area contributed by atoms with Crippen molar-refractivity contribution in [2.24, 2.45) is 5.73 Å². The van der Waals surface area contributed by atoms with Crippen molar-refractivity contribution in [3.63, 3.8) is 0 Å². The third kappa shape index (κ3) is 4.09. The maximum atomic E-state index is 12.6. The quantitative estimate of drug-likeness (QED) is 0.924. The number of aromatic nitrogens is 1. The molecule has 0 aliphatic heterocycles. The standard InChI is InChI=1S/C15H22F3N3/c1-2-9-21(13-6-4-12(19)5-7-13)14-8-3-11(10-20-14)15(16,17)18/h3,8,10,12-13H,2,4-7,9,19H2,1H3. The van der Waals surface area contributed by atoms with Crippen LogP contribution < -0.4 is 10.6 Å². The number of hydrogen-bond donors (Lipinski definition) is 1. The zero-order valence-corrected chi connectivity index (χ0v) is 12.2. The Morgan fingerprint density at radius 3 is 2.38 bits per heavy atom. The summed E-state index contributed by atoms with van der Waals surface area (Å²) < 4.78 is 37.8. The maximum absolute atomic E-state index is 12.6. The fourth-order valence-corrected chi connectivity index (χ4v) is 2.86. The van der Waals surface area contributed by atoms with Crippen LogP contribution in [-0.4, -0.2) is 23.6 Å². The van der Waals surface area contributed by atoms with Crippen molar-refractivity contribution in [1.29, 1.82) is 0 Å². The van der Waals surface area contributed by atoms with Crippen LogP contribution in [0.25, 0.3) is 0 Å². The van der Waals surface area contributed by atoms with Crippen LogP contribution in [-0.2, 0) is 6.18 Å². The van der Waals surface area contributed by atoms with Crippen LogP contribution in [0.15, 0.2) is 18.3 Å². The maximum Gasteiger partial charge on any atom is 0.417 e. The lowest BCUT2D eigenvalue weighted by molar-refractivity contribution is -0.137. The van der Waals surface area contributed by atoms with E-state index in [1.54, 1.807) is 0 Å². The summed E-state index contributed by atoms with van der Waals surface area (Å²) in [6, 6.07) is 3.17. The first-order chi connectivity index (χ1) is 9.91. The third-order valence-electron chi connectivity index (χ3n) is 4.02. The SMILES string of the molecule is CCCN(c1ccc(C(F)(F)F)cn1)C1CCC(N)CC1. The van der Waals surface area contributed by atoms with Crippen molar-refractivity contribution >= 4 is 5.82 Å². The molecule has 2 rings (SSSR count). The number of nitrogens with two attached hydrogens (primary N) is 1. The van der Waals surface area contributed by atoms with Gasteiger partial charge in [0.25, 0.3) is 0 Å². The van der Waals surface area contributed by atoms with E-state index < -0.39 is 11.7 Å². The zero-order valence-electron chi connectivity index (χ0n) is 12.2. The first kappa shape index (κ1) is 16.1. The second-order valence-electron chi connectivity index (χ2n) is 5.66. The molecule has 1 aromatic heterocycles. The van der Waals surface area contributed by atoms with Gasteiger partial charge in [-0.25, -0.2) is 4.98 Å². The molecular formula is C15H22F3N3. The number of halogens is 3. The number of nitrogens with zero attached hydrogens (tertiary/aromatic N) is 2. The normalized spacial score (nSPS) is 23.1. The molecule has 1 aliphatic rings. The first-order valence-electron chi connectivity index (χ1n) is 7.47. The molecule has 1 heterocycles. The number of pyridine rings is 1. The monoisotopic (exact) mass is 301 g/mol. The molecule has 6 heteroatoms. The summed E-state index contributed by atoms with van der Waals surface area (Å²) >= 11 is 0. The van der Waals surface area contributed by atoms with Gasteiger partial charge in [-0.2, -0.15) is 13.2 Å². The summed E-state index contributed by atoms with van der Waals surface area (Å²) in [5, 5.41) is 0. The van der Waals surface area contributed by atoms with Crippen LogP contribution in [0.4, 0.5) is 19.0 Å². The Morgan fingerprint density at radius 2 is 1.90 bits per heavy atom. The van der Waals surface area contributed by atoms with Crippen molar-refractivity contribution in [2.45, 2.75) is 57.3 Å². The summed E-state index contributed by atoms with van der Waals surface area (Å²) in [5.74, 6) is 0.630. The minimum atomic E-state index is -4.33. The van der Waals surface area contributed by atoms with E-state index in [4.69, 9.17) is 5.73 Å². The molecule has 0 unspecified atom stereocenters. The minimum Gasteiger partial charge on any atom is -0.354 e. The van der Waals surface area contributed by atoms with Crippen LogP contribution in [0.3, 0.4) is 0 Å². The minimum absolute atomic E-state index is 0.255. The molecule has 1 saturated carbocycles. The van der Waals surface area contributed by atoms with Crippen molar-refractivity contribution in [3.05, 3.63) is 23.9 Å². The molecule has 0 spiro atoms. The topological polar surface area (TPSA) is 42.2 Å². The lowest BCUT2D eigenvalue weighted by atomic mass is 9.90. The third-order valence-corrected chi connectivity index (χ3v) is 4.02. The Labute approximate surface area is 123 Å². The van der Waals surface area contributed by atoms with Gasteiger partial charge in [0.05, 0.1) is 5.56 Å². The molecule has 1 fully saturated rings. The Hall–Kier alpha value is -1.30. The van der Waals surface area contributed by atoms with Gasteiger partial charge >= 0.3 is 6.18 Å². The molecule has 0 saturated heterocycles. The van der Waals surface area contributed by atoms with Gasteiger partial charge in [-0.05, 0) is 44.2 Å². The van der Waals surface area contributed by atoms with Crippen molar-refractivity contribution in [1.82, 2.24) is 4.98 Å². The Morgan fingerprint density at radius 1 is 1.24 bits per heavy atom. The average molecular weight is 301 g/mol. The van der Waals surface area contributed by atoms with Gasteiger partial charge in [0.2, 0.25) is 0 Å². The molecule has 118 valence electrons. The first-order valence-corrected chi connectivity index (χ1v) is 7.47. The Balaban J connectivity index is 2.14.